The van der Waals surface area contributed by atoms with Gasteiger partial charge in [0, 0.05) is 12.7 Å². The summed E-state index contributed by atoms with van der Waals surface area (Å²) in [6, 6.07) is 11.1. The summed E-state index contributed by atoms with van der Waals surface area (Å²) in [7, 11) is 0. The van der Waals surface area contributed by atoms with Crippen molar-refractivity contribution in [3.63, 3.8) is 0 Å². The van der Waals surface area contributed by atoms with Crippen LogP contribution in [0, 0.1) is 10.8 Å². The Labute approximate surface area is 260 Å². The molecule has 42 heavy (non-hydrogen) atoms. The van der Waals surface area contributed by atoms with Gasteiger partial charge in [0.05, 0.1) is 6.61 Å². The van der Waals surface area contributed by atoms with E-state index in [0.29, 0.717) is 23.5 Å². The van der Waals surface area contributed by atoms with Crippen LogP contribution in [0.5, 0.6) is 0 Å². The molecule has 3 N–H and O–H groups in total. The van der Waals surface area contributed by atoms with Crippen molar-refractivity contribution >= 4 is 6.02 Å². The standard InChI is InChI=1S/C37H66N4O/c1-35(2,3)26-20-13-9-7-11-15-22-28-37(41-39-32-33-24-18-17-19-25-33)29-30-38-34(40-37)42-31-23-16-12-8-10-14-21-27-36(4,5)6/h17-19,24-25,29-30,39,41H,7-16,20-23,26-28,31-32H2,1-6H3,(H,38,40). The lowest BCUT2D eigenvalue weighted by Gasteiger charge is -2.31. The molecule has 0 saturated heterocycles. The molecule has 1 aliphatic rings. The maximum atomic E-state index is 6.11. The summed E-state index contributed by atoms with van der Waals surface area (Å²) < 4.78 is 6.11. The quantitative estimate of drug-likeness (QED) is 0.0940. The maximum Gasteiger partial charge on any atom is 0.290 e. The van der Waals surface area contributed by atoms with Crippen molar-refractivity contribution in [3.05, 3.63) is 48.2 Å². The highest BCUT2D eigenvalue weighted by Gasteiger charge is 2.29. The lowest BCUT2D eigenvalue weighted by Crippen LogP contribution is -2.52. The second-order valence-corrected chi connectivity index (χ2v) is 15.0. The third kappa shape index (κ3) is 18.6. The molecule has 1 aromatic rings. The molecule has 2 rings (SSSR count). The van der Waals surface area contributed by atoms with Gasteiger partial charge in [-0.05, 0) is 54.6 Å². The van der Waals surface area contributed by atoms with Crippen LogP contribution in [0.1, 0.15) is 156 Å². The molecule has 0 spiro atoms. The molecule has 5 heteroatoms. The zero-order valence-corrected chi connectivity index (χ0v) is 28.3. The molecule has 1 unspecified atom stereocenters. The molecule has 0 amide bonds. The van der Waals surface area contributed by atoms with Crippen LogP contribution in [0.3, 0.4) is 0 Å². The van der Waals surface area contributed by atoms with Crippen LogP contribution in [0.15, 0.2) is 47.6 Å². The zero-order valence-electron chi connectivity index (χ0n) is 28.3. The van der Waals surface area contributed by atoms with E-state index in [-0.39, 0.29) is 0 Å². The first-order valence-electron chi connectivity index (χ1n) is 17.3. The van der Waals surface area contributed by atoms with Crippen molar-refractivity contribution in [2.24, 2.45) is 15.8 Å². The fourth-order valence-electron chi connectivity index (χ4n) is 5.49. The highest BCUT2D eigenvalue weighted by atomic mass is 16.5. The van der Waals surface area contributed by atoms with E-state index in [1.165, 1.54) is 95.5 Å². The summed E-state index contributed by atoms with van der Waals surface area (Å²) in [5.74, 6) is 0. The largest absolute Gasteiger partial charge is 0.465 e. The minimum atomic E-state index is -0.491. The summed E-state index contributed by atoms with van der Waals surface area (Å²) in [5.41, 5.74) is 8.68. The summed E-state index contributed by atoms with van der Waals surface area (Å²) >= 11 is 0. The van der Waals surface area contributed by atoms with Crippen molar-refractivity contribution in [1.82, 2.24) is 16.2 Å². The molecule has 0 aromatic heterocycles. The molecule has 0 saturated carbocycles. The normalized spacial score (nSPS) is 17.2. The van der Waals surface area contributed by atoms with Gasteiger partial charge in [0.2, 0.25) is 0 Å². The van der Waals surface area contributed by atoms with Crippen LogP contribution in [0.4, 0.5) is 0 Å². The number of nitrogens with one attached hydrogen (secondary N) is 3. The maximum absolute atomic E-state index is 6.11. The average Bonchev–Trinajstić information content (AvgIpc) is 2.93. The van der Waals surface area contributed by atoms with Gasteiger partial charge in [-0.25, -0.2) is 10.4 Å². The Morgan fingerprint density at radius 2 is 1.21 bits per heavy atom. The van der Waals surface area contributed by atoms with Crippen molar-refractivity contribution < 1.29 is 4.74 Å². The molecule has 0 aliphatic carbocycles. The number of ether oxygens (including phenoxy) is 1. The Bertz CT molecular complexity index is 868. The van der Waals surface area contributed by atoms with Crippen molar-refractivity contribution in [3.8, 4) is 0 Å². The Hall–Kier alpha value is -1.85. The van der Waals surface area contributed by atoms with Gasteiger partial charge in [0.15, 0.2) is 0 Å². The molecule has 1 aliphatic heterocycles. The van der Waals surface area contributed by atoms with Gasteiger partial charge in [-0.1, -0.05) is 149 Å². The van der Waals surface area contributed by atoms with Crippen LogP contribution in [0.2, 0.25) is 0 Å². The molecule has 240 valence electrons. The molecule has 1 aromatic carbocycles. The van der Waals surface area contributed by atoms with E-state index in [9.17, 15) is 0 Å². The van der Waals surface area contributed by atoms with Crippen molar-refractivity contribution in [2.75, 3.05) is 6.61 Å². The van der Waals surface area contributed by atoms with E-state index in [2.05, 4.69) is 94.1 Å². The fraction of sp³-hybridized carbons (Fsp3) is 0.757. The van der Waals surface area contributed by atoms with Gasteiger partial charge in [-0.2, -0.15) is 0 Å². The van der Waals surface area contributed by atoms with Crippen LogP contribution in [-0.2, 0) is 11.3 Å². The lowest BCUT2D eigenvalue weighted by molar-refractivity contribution is 0.256. The van der Waals surface area contributed by atoms with Crippen LogP contribution in [0.25, 0.3) is 0 Å². The second kappa shape index (κ2) is 20.2. The smallest absolute Gasteiger partial charge is 0.290 e. The number of hydrogen-bond acceptors (Lipinski definition) is 5. The number of rotatable bonds is 22. The topological polar surface area (TPSA) is 57.7 Å². The molecule has 0 radical (unpaired) electrons. The monoisotopic (exact) mass is 583 g/mol. The minimum Gasteiger partial charge on any atom is -0.465 e. The van der Waals surface area contributed by atoms with Crippen molar-refractivity contribution in [2.45, 2.75) is 163 Å². The number of unbranched alkanes of at least 4 members (excludes halogenated alkanes) is 12. The van der Waals surface area contributed by atoms with Crippen molar-refractivity contribution in [1.29, 1.82) is 0 Å². The van der Waals surface area contributed by atoms with E-state index in [4.69, 9.17) is 9.73 Å². The van der Waals surface area contributed by atoms with Crippen LogP contribution < -0.4 is 16.2 Å². The zero-order chi connectivity index (χ0) is 30.6. The van der Waals surface area contributed by atoms with Gasteiger partial charge in [0.1, 0.15) is 5.66 Å². The number of hydrogen-bond donors (Lipinski definition) is 3. The molecular weight excluding hydrogens is 516 g/mol. The Kier molecular flexibility index (Phi) is 17.5. The summed E-state index contributed by atoms with van der Waals surface area (Å²) in [6.45, 7) is 15.5. The number of benzene rings is 1. The molecule has 1 heterocycles. The van der Waals surface area contributed by atoms with Gasteiger partial charge in [-0.3, -0.25) is 5.43 Å². The predicted molar refractivity (Wildman–Crippen MR) is 182 cm³/mol. The summed E-state index contributed by atoms with van der Waals surface area (Å²) in [6.07, 6.45) is 25.9. The van der Waals surface area contributed by atoms with Gasteiger partial charge in [-0.15, -0.1) is 0 Å². The van der Waals surface area contributed by atoms with Gasteiger partial charge in [0.25, 0.3) is 6.02 Å². The van der Waals surface area contributed by atoms with Gasteiger partial charge < -0.3 is 10.1 Å². The van der Waals surface area contributed by atoms with E-state index in [0.717, 1.165) is 25.8 Å². The molecule has 0 bridgehead atoms. The highest BCUT2D eigenvalue weighted by molar-refractivity contribution is 5.76. The highest BCUT2D eigenvalue weighted by Crippen LogP contribution is 2.25. The number of amidine groups is 1. The van der Waals surface area contributed by atoms with Crippen LogP contribution >= 0.6 is 0 Å². The predicted octanol–water partition coefficient (Wildman–Crippen LogP) is 10.2. The fourth-order valence-corrected chi connectivity index (χ4v) is 5.49. The van der Waals surface area contributed by atoms with E-state index >= 15 is 0 Å². The number of nitrogens with zero attached hydrogens (tertiary/aromatic N) is 1. The van der Waals surface area contributed by atoms with E-state index < -0.39 is 5.66 Å². The first kappa shape index (κ1) is 36.3. The molecular formula is C37H66N4O. The summed E-state index contributed by atoms with van der Waals surface area (Å²) in [5, 5.41) is 3.24. The Morgan fingerprint density at radius 3 is 1.79 bits per heavy atom. The SMILES string of the molecule is CC(C)(C)CCCCCCCCCOC1=NC(CCCCCCCCCC(C)(C)C)(NNCc2ccccc2)C=CN1. The number of hydrazine groups is 1. The Balaban J connectivity index is 1.72. The average molecular weight is 583 g/mol. The third-order valence-corrected chi connectivity index (χ3v) is 8.10. The first-order chi connectivity index (χ1) is 20.1. The van der Waals surface area contributed by atoms with E-state index in [1.807, 2.05) is 6.20 Å². The second-order valence-electron chi connectivity index (χ2n) is 15.0. The first-order valence-corrected chi connectivity index (χ1v) is 17.3. The third-order valence-electron chi connectivity index (χ3n) is 8.10. The molecule has 0 fully saturated rings. The minimum absolute atomic E-state index is 0.465. The van der Waals surface area contributed by atoms with Gasteiger partial charge >= 0.3 is 0 Å². The van der Waals surface area contributed by atoms with E-state index in [1.54, 1.807) is 0 Å². The van der Waals surface area contributed by atoms with Crippen LogP contribution in [-0.4, -0.2) is 18.3 Å². The Morgan fingerprint density at radius 1 is 0.690 bits per heavy atom. The molecule has 1 atom stereocenters. The number of aliphatic imine (C=N–C) groups is 1. The molecule has 5 nitrogen and oxygen atoms in total. The summed E-state index contributed by atoms with van der Waals surface area (Å²) in [4.78, 5) is 5.04. The lowest BCUT2D eigenvalue weighted by atomic mass is 9.89.